The van der Waals surface area contributed by atoms with E-state index < -0.39 is 5.41 Å². The van der Waals surface area contributed by atoms with Gasteiger partial charge in [-0.3, -0.25) is 0 Å². The summed E-state index contributed by atoms with van der Waals surface area (Å²) < 4.78 is 0. The monoisotopic (exact) mass is 711 g/mol. The average Bonchev–Trinajstić information content (AvgIpc) is 3.59. The summed E-state index contributed by atoms with van der Waals surface area (Å²) >= 11 is 0. The second-order valence-corrected chi connectivity index (χ2v) is 14.8. The van der Waals surface area contributed by atoms with Crippen molar-refractivity contribution in [2.24, 2.45) is 0 Å². The molecule has 262 valence electrons. The fourth-order valence-electron chi connectivity index (χ4n) is 9.56. The summed E-state index contributed by atoms with van der Waals surface area (Å²) in [5.41, 5.74) is 12.9. The number of anilines is 3. The van der Waals surface area contributed by atoms with E-state index in [0.717, 1.165) is 17.1 Å². The Hall–Kier alpha value is -7.22. The molecule has 0 saturated heterocycles. The molecule has 1 heteroatoms. The van der Waals surface area contributed by atoms with E-state index in [1.807, 2.05) is 0 Å². The van der Waals surface area contributed by atoms with Gasteiger partial charge in [0.25, 0.3) is 0 Å². The molecule has 11 rings (SSSR count). The largest absolute Gasteiger partial charge is 0.310 e. The van der Waals surface area contributed by atoms with Crippen molar-refractivity contribution >= 4 is 49.4 Å². The van der Waals surface area contributed by atoms with E-state index in [4.69, 9.17) is 0 Å². The molecule has 0 atom stereocenters. The van der Waals surface area contributed by atoms with Crippen molar-refractivity contribution in [2.75, 3.05) is 4.90 Å². The van der Waals surface area contributed by atoms with Crippen LogP contribution in [0.25, 0.3) is 54.6 Å². The first-order chi connectivity index (χ1) is 27.8. The number of benzene rings is 10. The molecule has 0 aliphatic heterocycles. The van der Waals surface area contributed by atoms with E-state index in [1.54, 1.807) is 0 Å². The predicted octanol–water partition coefficient (Wildman–Crippen LogP) is 14.6. The summed E-state index contributed by atoms with van der Waals surface area (Å²) in [5.74, 6) is 0. The molecule has 10 aromatic rings. The van der Waals surface area contributed by atoms with E-state index in [-0.39, 0.29) is 0 Å². The average molecular weight is 712 g/mol. The maximum atomic E-state index is 2.49. The van der Waals surface area contributed by atoms with Crippen molar-refractivity contribution in [3.05, 3.63) is 247 Å². The van der Waals surface area contributed by atoms with E-state index in [9.17, 15) is 0 Å². The van der Waals surface area contributed by atoms with Gasteiger partial charge in [-0.05, 0) is 102 Å². The molecule has 0 N–H and O–H groups in total. The molecule has 1 aliphatic carbocycles. The Morgan fingerprint density at radius 2 is 0.768 bits per heavy atom. The highest BCUT2D eigenvalue weighted by Gasteiger charge is 2.47. The van der Waals surface area contributed by atoms with Crippen LogP contribution in [0.4, 0.5) is 17.1 Å². The SMILES string of the molecule is c1ccc(-c2ccc(N(c3ccc4c5ccccc5c5ccccc5c4c3)c3cccc4c3-c3ccccc3C4(c3ccccc3)c3ccccc3)cc2)cc1. The number of hydrogen-bond acceptors (Lipinski definition) is 1. The van der Waals surface area contributed by atoms with Crippen molar-refractivity contribution in [2.45, 2.75) is 5.41 Å². The number of nitrogens with zero attached hydrogens (tertiary/aromatic N) is 1. The van der Waals surface area contributed by atoms with Gasteiger partial charge in [-0.25, -0.2) is 0 Å². The van der Waals surface area contributed by atoms with Crippen LogP contribution in [0.15, 0.2) is 224 Å². The third-order valence-corrected chi connectivity index (χ3v) is 11.9. The van der Waals surface area contributed by atoms with Gasteiger partial charge in [-0.15, -0.1) is 0 Å². The van der Waals surface area contributed by atoms with Crippen molar-refractivity contribution < 1.29 is 0 Å². The molecule has 0 radical (unpaired) electrons. The lowest BCUT2D eigenvalue weighted by Gasteiger charge is -2.34. The second kappa shape index (κ2) is 13.0. The van der Waals surface area contributed by atoms with E-state index in [0.29, 0.717) is 0 Å². The Bertz CT molecular complexity index is 2980. The highest BCUT2D eigenvalue weighted by Crippen LogP contribution is 2.59. The molecule has 0 heterocycles. The molecule has 0 amide bonds. The van der Waals surface area contributed by atoms with Crippen LogP contribution in [-0.2, 0) is 5.41 Å². The lowest BCUT2D eigenvalue weighted by Crippen LogP contribution is -2.28. The molecule has 1 nitrogen and oxygen atoms in total. The summed E-state index contributed by atoms with van der Waals surface area (Å²) in [6.45, 7) is 0. The van der Waals surface area contributed by atoms with Gasteiger partial charge in [0.15, 0.2) is 0 Å². The summed E-state index contributed by atoms with van der Waals surface area (Å²) in [6, 6.07) is 82.6. The second-order valence-electron chi connectivity index (χ2n) is 14.8. The van der Waals surface area contributed by atoms with Crippen molar-refractivity contribution in [3.63, 3.8) is 0 Å². The van der Waals surface area contributed by atoms with Crippen molar-refractivity contribution in [3.8, 4) is 22.3 Å². The van der Waals surface area contributed by atoms with Crippen LogP contribution in [0.1, 0.15) is 22.3 Å². The van der Waals surface area contributed by atoms with Crippen LogP contribution in [0.5, 0.6) is 0 Å². The molecule has 0 aromatic heterocycles. The third kappa shape index (κ3) is 4.81. The maximum absolute atomic E-state index is 2.49. The van der Waals surface area contributed by atoms with E-state index in [1.165, 1.54) is 76.8 Å². The minimum Gasteiger partial charge on any atom is -0.310 e. The van der Waals surface area contributed by atoms with Crippen LogP contribution >= 0.6 is 0 Å². The smallest absolute Gasteiger partial charge is 0.0714 e. The fraction of sp³-hybridized carbons (Fsp3) is 0.0182. The topological polar surface area (TPSA) is 3.24 Å². The zero-order chi connectivity index (χ0) is 37.1. The number of fused-ring (bicyclic) bond motifs is 9. The lowest BCUT2D eigenvalue weighted by atomic mass is 9.68. The molecule has 1 aliphatic rings. The van der Waals surface area contributed by atoms with Gasteiger partial charge in [0.05, 0.1) is 11.1 Å². The zero-order valence-corrected chi connectivity index (χ0v) is 30.8. The molecular weight excluding hydrogens is 675 g/mol. The van der Waals surface area contributed by atoms with Gasteiger partial charge < -0.3 is 4.90 Å². The van der Waals surface area contributed by atoms with Gasteiger partial charge >= 0.3 is 0 Å². The van der Waals surface area contributed by atoms with Crippen LogP contribution in [-0.4, -0.2) is 0 Å². The van der Waals surface area contributed by atoms with Gasteiger partial charge in [0, 0.05) is 16.9 Å². The first-order valence-corrected chi connectivity index (χ1v) is 19.4. The first kappa shape index (κ1) is 32.2. The molecule has 0 fully saturated rings. The highest BCUT2D eigenvalue weighted by molar-refractivity contribution is 6.25. The third-order valence-electron chi connectivity index (χ3n) is 11.9. The first-order valence-electron chi connectivity index (χ1n) is 19.4. The standard InChI is InChI=1S/C55H37N/c1-4-17-38(18-5-1)39-31-33-42(34-32-39)56(43-35-36-48-46-25-11-10-23-44(46)45-24-12-13-26-47(45)50(48)37-43)53-30-16-29-52-54(53)49-27-14-15-28-51(49)55(52,40-19-6-2-7-20-40)41-21-8-3-9-22-41/h1-37H. The fourth-order valence-corrected chi connectivity index (χ4v) is 9.56. The Kier molecular flexibility index (Phi) is 7.47. The summed E-state index contributed by atoms with van der Waals surface area (Å²) in [6.07, 6.45) is 0. The van der Waals surface area contributed by atoms with Gasteiger partial charge in [-0.1, -0.05) is 194 Å². The van der Waals surface area contributed by atoms with Gasteiger partial charge in [0.1, 0.15) is 0 Å². The minimum absolute atomic E-state index is 0.494. The van der Waals surface area contributed by atoms with Gasteiger partial charge in [0.2, 0.25) is 0 Å². The molecule has 10 aromatic carbocycles. The van der Waals surface area contributed by atoms with Crippen LogP contribution in [0.3, 0.4) is 0 Å². The molecule has 0 saturated carbocycles. The molecule has 0 bridgehead atoms. The normalized spacial score (nSPS) is 12.8. The highest BCUT2D eigenvalue weighted by atomic mass is 15.1. The molecule has 56 heavy (non-hydrogen) atoms. The summed E-state index contributed by atoms with van der Waals surface area (Å²) in [4.78, 5) is 2.49. The maximum Gasteiger partial charge on any atom is 0.0714 e. The van der Waals surface area contributed by atoms with Crippen LogP contribution in [0.2, 0.25) is 0 Å². The number of hydrogen-bond donors (Lipinski definition) is 0. The Labute approximate surface area is 327 Å². The van der Waals surface area contributed by atoms with E-state index >= 15 is 0 Å². The van der Waals surface area contributed by atoms with Gasteiger partial charge in [-0.2, -0.15) is 0 Å². The Balaban J connectivity index is 1.22. The van der Waals surface area contributed by atoms with Crippen molar-refractivity contribution in [1.82, 2.24) is 0 Å². The lowest BCUT2D eigenvalue weighted by molar-refractivity contribution is 0.768. The predicted molar refractivity (Wildman–Crippen MR) is 236 cm³/mol. The van der Waals surface area contributed by atoms with Crippen molar-refractivity contribution in [1.29, 1.82) is 0 Å². The minimum atomic E-state index is -0.494. The van der Waals surface area contributed by atoms with Crippen LogP contribution in [0, 0.1) is 0 Å². The Morgan fingerprint density at radius 3 is 1.39 bits per heavy atom. The molecular formula is C55H37N. The quantitative estimate of drug-likeness (QED) is 0.155. The number of rotatable bonds is 6. The Morgan fingerprint density at radius 1 is 0.304 bits per heavy atom. The molecule has 0 spiro atoms. The summed E-state index contributed by atoms with van der Waals surface area (Å²) in [5, 5.41) is 7.61. The molecule has 0 unspecified atom stereocenters. The van der Waals surface area contributed by atoms with E-state index in [2.05, 4.69) is 229 Å². The van der Waals surface area contributed by atoms with Crippen LogP contribution < -0.4 is 4.90 Å². The summed E-state index contributed by atoms with van der Waals surface area (Å²) in [7, 11) is 0. The zero-order valence-electron chi connectivity index (χ0n) is 30.8.